The predicted octanol–water partition coefficient (Wildman–Crippen LogP) is 4.41. The maximum absolute atomic E-state index is 14.7. The maximum Gasteiger partial charge on any atom is 0.410 e. The van der Waals surface area contributed by atoms with E-state index in [0.29, 0.717) is 36.2 Å². The van der Waals surface area contributed by atoms with Crippen LogP contribution in [0.25, 0.3) is 0 Å². The van der Waals surface area contributed by atoms with Gasteiger partial charge in [-0.2, -0.15) is 0 Å². The summed E-state index contributed by atoms with van der Waals surface area (Å²) in [5.74, 6) is -2.20. The first-order valence-corrected chi connectivity index (χ1v) is 22.6. The van der Waals surface area contributed by atoms with E-state index in [1.165, 1.54) is 16.1 Å². The van der Waals surface area contributed by atoms with Crippen LogP contribution in [-0.4, -0.2) is 104 Å². The Labute approximate surface area is 343 Å². The third-order valence-corrected chi connectivity index (χ3v) is 14.4. The van der Waals surface area contributed by atoms with Gasteiger partial charge < -0.3 is 30.3 Å². The Morgan fingerprint density at radius 3 is 2.43 bits per heavy atom. The zero-order valence-electron chi connectivity index (χ0n) is 35.7. The number of fused-ring (bicyclic) bond motifs is 3. The predicted molar refractivity (Wildman–Crippen MR) is 221 cm³/mol. The second-order valence-corrected chi connectivity index (χ2v) is 21.0. The van der Waals surface area contributed by atoms with Gasteiger partial charge in [0.15, 0.2) is 0 Å². The van der Waals surface area contributed by atoms with Crippen LogP contribution in [0.15, 0.2) is 18.2 Å². The molecule has 4 bridgehead atoms. The van der Waals surface area contributed by atoms with Crippen molar-refractivity contribution >= 4 is 50.4 Å². The summed E-state index contributed by atoms with van der Waals surface area (Å²) in [6.07, 6.45) is 3.67. The van der Waals surface area contributed by atoms with Crippen LogP contribution in [0, 0.1) is 16.7 Å². The molecule has 0 radical (unpaired) electrons. The Morgan fingerprint density at radius 1 is 1.05 bits per heavy atom. The van der Waals surface area contributed by atoms with Crippen molar-refractivity contribution in [3.63, 3.8) is 0 Å². The molecule has 4 aliphatic rings. The molecule has 2 fully saturated rings. The minimum Gasteiger partial charge on any atom is -0.449 e. The minimum atomic E-state index is -2.86. The lowest BCUT2D eigenvalue weighted by Gasteiger charge is -2.35. The van der Waals surface area contributed by atoms with Crippen molar-refractivity contribution in [3.05, 3.63) is 34.9 Å². The number of cyclic esters (lactones) is 1. The van der Waals surface area contributed by atoms with E-state index < -0.39 is 68.8 Å². The molecule has 6 amide bonds. The largest absolute Gasteiger partial charge is 0.449 e. The Morgan fingerprint density at radius 2 is 1.78 bits per heavy atom. The fourth-order valence-corrected chi connectivity index (χ4v) is 9.37. The highest BCUT2D eigenvalue weighted by Gasteiger charge is 2.61. The van der Waals surface area contributed by atoms with Crippen LogP contribution >= 0.6 is 0 Å². The van der Waals surface area contributed by atoms with Crippen LogP contribution < -0.4 is 20.7 Å². The first-order chi connectivity index (χ1) is 27.1. The number of nitrogens with one attached hydrogen (secondary N) is 4. The number of carbonyl (C=O) groups is 6. The number of nitrogens with zero attached hydrogens (tertiary/aromatic N) is 2. The summed E-state index contributed by atoms with van der Waals surface area (Å²) >= 11 is 0. The summed E-state index contributed by atoms with van der Waals surface area (Å²) in [7, 11) is -2.86. The van der Waals surface area contributed by atoms with Crippen LogP contribution in [0.4, 0.5) is 9.59 Å². The zero-order valence-corrected chi connectivity index (χ0v) is 36.5. The highest BCUT2D eigenvalue weighted by atomic mass is 32.2. The molecular weight excluding hydrogens is 765 g/mol. The van der Waals surface area contributed by atoms with Crippen LogP contribution in [0.5, 0.6) is 0 Å². The monoisotopic (exact) mass is 828 g/mol. The quantitative estimate of drug-likeness (QED) is 0.301. The summed E-state index contributed by atoms with van der Waals surface area (Å²) < 4.78 is 27.8. The van der Waals surface area contributed by atoms with Gasteiger partial charge in [0.1, 0.15) is 23.7 Å². The lowest BCUT2D eigenvalue weighted by molar-refractivity contribution is -0.143. The molecule has 322 valence electrons. The van der Waals surface area contributed by atoms with E-state index in [4.69, 9.17) is 9.47 Å². The normalized spacial score (nSPS) is 27.9. The van der Waals surface area contributed by atoms with E-state index in [-0.39, 0.29) is 49.9 Å². The Bertz CT molecular complexity index is 1920. The fourth-order valence-electron chi connectivity index (χ4n) is 8.11. The Kier molecular flexibility index (Phi) is 13.5. The lowest BCUT2D eigenvalue weighted by atomic mass is 9.85. The van der Waals surface area contributed by atoms with Crippen LogP contribution in [0.3, 0.4) is 0 Å². The van der Waals surface area contributed by atoms with E-state index in [1.807, 2.05) is 33.8 Å². The molecule has 6 atom stereocenters. The molecule has 0 aromatic heterocycles. The van der Waals surface area contributed by atoms with Crippen molar-refractivity contribution in [3.8, 4) is 0 Å². The second-order valence-electron chi connectivity index (χ2n) is 18.4. The van der Waals surface area contributed by atoms with E-state index >= 15 is 0 Å². The topological polar surface area (TPSA) is 193 Å². The molecule has 1 aromatic carbocycles. The molecule has 5 rings (SSSR count). The van der Waals surface area contributed by atoms with Gasteiger partial charge in [0.05, 0.1) is 29.4 Å². The number of rotatable bonds is 6. The van der Waals surface area contributed by atoms with Gasteiger partial charge in [-0.3, -0.25) is 28.8 Å². The van der Waals surface area contributed by atoms with Crippen LogP contribution in [0.2, 0.25) is 0 Å². The molecular formula is C42H64N6O9S. The molecule has 58 heavy (non-hydrogen) atoms. The highest BCUT2D eigenvalue weighted by molar-refractivity contribution is 8.00. The van der Waals surface area contributed by atoms with Gasteiger partial charge in [-0.05, 0) is 71.4 Å². The van der Waals surface area contributed by atoms with Gasteiger partial charge in [0, 0.05) is 31.3 Å². The number of hydrogen-bond donors (Lipinski definition) is 4. The van der Waals surface area contributed by atoms with Gasteiger partial charge in [0.25, 0.3) is 11.8 Å². The van der Waals surface area contributed by atoms with Crippen molar-refractivity contribution in [2.75, 3.05) is 26.0 Å². The summed E-state index contributed by atoms with van der Waals surface area (Å²) in [5, 5.41) is 8.71. The molecule has 3 heterocycles. The fraction of sp³-hybridized carbons (Fsp3) is 0.690. The van der Waals surface area contributed by atoms with E-state index in [2.05, 4.69) is 20.7 Å². The van der Waals surface area contributed by atoms with Crippen molar-refractivity contribution in [1.29, 1.82) is 0 Å². The molecule has 3 aliphatic heterocycles. The van der Waals surface area contributed by atoms with E-state index in [0.717, 1.165) is 36.8 Å². The van der Waals surface area contributed by atoms with Crippen molar-refractivity contribution < 1.29 is 42.4 Å². The molecule has 1 saturated heterocycles. The SMILES string of the molecule is CCC(C)=S(C)(=O)NC(=O)C1(NC(=O)C2CC3CN2C(=O)C(C(C)(C)C)NC(=O)OCC(C)(C)CCCCCNC(=O)c2cccc4c2CN(C4)C(=O)O3)CC1CC. The van der Waals surface area contributed by atoms with Crippen LogP contribution in [-0.2, 0) is 46.7 Å². The van der Waals surface area contributed by atoms with Gasteiger partial charge >= 0.3 is 12.2 Å². The van der Waals surface area contributed by atoms with E-state index in [1.54, 1.807) is 39.8 Å². The summed E-state index contributed by atoms with van der Waals surface area (Å²) in [5.41, 5.74) is -0.474. The molecule has 15 nitrogen and oxygen atoms in total. The molecule has 1 aliphatic carbocycles. The van der Waals surface area contributed by atoms with Crippen molar-refractivity contribution in [2.45, 2.75) is 144 Å². The van der Waals surface area contributed by atoms with Gasteiger partial charge in [-0.1, -0.05) is 79.9 Å². The van der Waals surface area contributed by atoms with Crippen LogP contribution in [0.1, 0.15) is 128 Å². The maximum atomic E-state index is 14.7. The minimum absolute atomic E-state index is 0.0744. The average Bonchev–Trinajstić information content (AvgIpc) is 3.45. The molecule has 6 unspecified atom stereocenters. The molecule has 0 spiro atoms. The van der Waals surface area contributed by atoms with E-state index in [9.17, 15) is 33.0 Å². The Balaban J connectivity index is 1.45. The molecule has 4 N–H and O–H groups in total. The Hall–Kier alpha value is -4.34. The highest BCUT2D eigenvalue weighted by Crippen LogP contribution is 2.46. The van der Waals surface area contributed by atoms with Gasteiger partial charge in [-0.25, -0.2) is 13.8 Å². The third-order valence-electron chi connectivity index (χ3n) is 12.2. The lowest BCUT2D eigenvalue weighted by Crippen LogP contribution is -2.60. The first-order valence-electron chi connectivity index (χ1n) is 20.7. The molecule has 16 heteroatoms. The smallest absolute Gasteiger partial charge is 0.410 e. The number of carbonyl (C=O) groups excluding carboxylic acids is 6. The van der Waals surface area contributed by atoms with Gasteiger partial charge in [-0.15, -0.1) is 0 Å². The number of benzene rings is 1. The number of hydrogen-bond acceptors (Lipinski definition) is 9. The van der Waals surface area contributed by atoms with Crippen molar-refractivity contribution in [2.24, 2.45) is 16.7 Å². The van der Waals surface area contributed by atoms with Crippen molar-refractivity contribution in [1.82, 2.24) is 30.5 Å². The summed E-state index contributed by atoms with van der Waals surface area (Å²) in [4.78, 5) is 86.8. The zero-order chi connectivity index (χ0) is 42.8. The second kappa shape index (κ2) is 17.5. The number of alkyl carbamates (subject to hydrolysis) is 1. The average molecular weight is 829 g/mol. The molecule has 1 saturated carbocycles. The first kappa shape index (κ1) is 44.8. The number of amides is 6. The number of ether oxygens (including phenoxy) is 2. The molecule has 1 aromatic rings. The van der Waals surface area contributed by atoms with Gasteiger partial charge in [0.2, 0.25) is 11.8 Å². The summed E-state index contributed by atoms with van der Waals surface area (Å²) in [6, 6.07) is 3.10. The third kappa shape index (κ3) is 10.1. The summed E-state index contributed by atoms with van der Waals surface area (Å²) in [6.45, 7) is 15.7. The standard InChI is InChI=1S/C42H64N6O9S/c1-10-26(3)58(9,55)46-37(52)42(21-28(42)11-2)45-35(50)32-20-29-23-48(32)36(51)33(40(4,5)6)44-38(53)56-25-41(7,8)18-13-12-14-19-43-34(49)30-17-15-16-27-22-47(24-31(27)30)39(54)57-29/h15-17,28-29,32-33H,10-14,18-25H2,1-9H3,(H,43,49)(H,44,53)(H,45,50)(H,46,52,55).